The van der Waals surface area contributed by atoms with Gasteiger partial charge < -0.3 is 19.5 Å². The van der Waals surface area contributed by atoms with Crippen LogP contribution in [0.4, 0.5) is 0 Å². The van der Waals surface area contributed by atoms with Crippen LogP contribution in [0.5, 0.6) is 11.5 Å². The zero-order valence-corrected chi connectivity index (χ0v) is 20.3. The fourth-order valence-corrected chi connectivity index (χ4v) is 4.30. The number of likely N-dealkylation sites (tertiary alicyclic amines) is 1. The van der Waals surface area contributed by atoms with Crippen LogP contribution in [0.15, 0.2) is 78.4 Å². The number of hydrogen-bond donors (Lipinski definition) is 1. The SMILES string of the molecule is COc1ccccc1CN1C(=O)C(=O)/C(=C(\O)c2ccc(C)cc2)C1c1cccc(OC(C)C)c1. The average Bonchev–Trinajstić information content (AvgIpc) is 3.09. The number of methoxy groups -OCH3 is 1. The third kappa shape index (κ3) is 4.92. The van der Waals surface area contributed by atoms with Crippen molar-refractivity contribution in [2.24, 2.45) is 0 Å². The molecule has 0 spiro atoms. The predicted molar refractivity (Wildman–Crippen MR) is 134 cm³/mol. The molecule has 1 aliphatic rings. The fourth-order valence-electron chi connectivity index (χ4n) is 4.30. The van der Waals surface area contributed by atoms with E-state index in [0.717, 1.165) is 11.1 Å². The van der Waals surface area contributed by atoms with Crippen LogP contribution in [0.1, 0.15) is 42.1 Å². The lowest BCUT2D eigenvalue weighted by atomic mass is 9.94. The maximum absolute atomic E-state index is 13.3. The molecule has 180 valence electrons. The summed E-state index contributed by atoms with van der Waals surface area (Å²) in [6, 6.07) is 21.1. The molecule has 1 amide bonds. The molecule has 3 aromatic carbocycles. The Morgan fingerprint density at radius 2 is 1.71 bits per heavy atom. The van der Waals surface area contributed by atoms with Gasteiger partial charge in [0.15, 0.2) is 0 Å². The van der Waals surface area contributed by atoms with Crippen molar-refractivity contribution < 1.29 is 24.2 Å². The minimum absolute atomic E-state index is 0.0438. The van der Waals surface area contributed by atoms with Gasteiger partial charge in [-0.05, 0) is 44.5 Å². The van der Waals surface area contributed by atoms with Gasteiger partial charge in [0.2, 0.25) is 0 Å². The number of aliphatic hydroxyl groups is 1. The summed E-state index contributed by atoms with van der Waals surface area (Å²) in [4.78, 5) is 28.1. The van der Waals surface area contributed by atoms with Crippen molar-refractivity contribution in [3.8, 4) is 11.5 Å². The summed E-state index contributed by atoms with van der Waals surface area (Å²) in [6.45, 7) is 5.94. The number of carbonyl (C=O) groups excluding carboxylic acids is 2. The molecule has 1 saturated heterocycles. The molecule has 6 nitrogen and oxygen atoms in total. The molecule has 4 rings (SSSR count). The normalized spacial score (nSPS) is 17.2. The van der Waals surface area contributed by atoms with Crippen molar-refractivity contribution in [2.75, 3.05) is 7.11 Å². The van der Waals surface area contributed by atoms with Gasteiger partial charge in [0.1, 0.15) is 17.3 Å². The summed E-state index contributed by atoms with van der Waals surface area (Å²) >= 11 is 0. The Morgan fingerprint density at radius 1 is 1.00 bits per heavy atom. The minimum Gasteiger partial charge on any atom is -0.507 e. The summed E-state index contributed by atoms with van der Waals surface area (Å²) in [5.74, 6) is -0.367. The first-order valence-electron chi connectivity index (χ1n) is 11.5. The molecule has 0 radical (unpaired) electrons. The molecule has 1 N–H and O–H groups in total. The quantitative estimate of drug-likeness (QED) is 0.283. The van der Waals surface area contributed by atoms with Crippen LogP contribution in [0, 0.1) is 6.92 Å². The Kier molecular flexibility index (Phi) is 6.92. The fraction of sp³-hybridized carbons (Fsp3) is 0.241. The molecule has 1 unspecified atom stereocenters. The molecule has 6 heteroatoms. The maximum Gasteiger partial charge on any atom is 0.295 e. The number of rotatable bonds is 7. The van der Waals surface area contributed by atoms with Gasteiger partial charge >= 0.3 is 0 Å². The van der Waals surface area contributed by atoms with E-state index in [4.69, 9.17) is 9.47 Å². The van der Waals surface area contributed by atoms with Crippen LogP contribution in [0.2, 0.25) is 0 Å². The first-order valence-corrected chi connectivity index (χ1v) is 11.5. The largest absolute Gasteiger partial charge is 0.507 e. The molecule has 0 aliphatic carbocycles. The van der Waals surface area contributed by atoms with Crippen molar-refractivity contribution in [3.05, 3.63) is 101 Å². The van der Waals surface area contributed by atoms with Crippen LogP contribution in [0.3, 0.4) is 0 Å². The standard InChI is InChI=1S/C29H29NO5/c1-18(2)35-23-10-7-9-21(16-23)26-25(27(31)20-14-12-19(3)13-15-20)28(32)29(33)30(26)17-22-8-5-6-11-24(22)34-4/h5-16,18,26,31H,17H2,1-4H3/b27-25-. The summed E-state index contributed by atoms with van der Waals surface area (Å²) in [7, 11) is 1.56. The van der Waals surface area contributed by atoms with Gasteiger partial charge in [-0.1, -0.05) is 60.2 Å². The van der Waals surface area contributed by atoms with E-state index in [-0.39, 0.29) is 24.0 Å². The molecule has 0 saturated carbocycles. The van der Waals surface area contributed by atoms with E-state index in [9.17, 15) is 14.7 Å². The van der Waals surface area contributed by atoms with Crippen molar-refractivity contribution in [1.82, 2.24) is 4.90 Å². The van der Waals surface area contributed by atoms with Gasteiger partial charge in [-0.15, -0.1) is 0 Å². The molecule has 35 heavy (non-hydrogen) atoms. The third-order valence-electron chi connectivity index (χ3n) is 5.94. The average molecular weight is 472 g/mol. The number of amides is 1. The minimum atomic E-state index is -0.795. The zero-order chi connectivity index (χ0) is 25.1. The Bertz CT molecular complexity index is 1280. The van der Waals surface area contributed by atoms with Crippen molar-refractivity contribution >= 4 is 17.4 Å². The van der Waals surface area contributed by atoms with Gasteiger partial charge in [-0.25, -0.2) is 0 Å². The van der Waals surface area contributed by atoms with Crippen molar-refractivity contribution in [1.29, 1.82) is 0 Å². The monoisotopic (exact) mass is 471 g/mol. The van der Waals surface area contributed by atoms with Gasteiger partial charge in [-0.3, -0.25) is 9.59 Å². The van der Waals surface area contributed by atoms with E-state index >= 15 is 0 Å². The van der Waals surface area contributed by atoms with Crippen molar-refractivity contribution in [2.45, 2.75) is 39.5 Å². The van der Waals surface area contributed by atoms with E-state index in [2.05, 4.69) is 0 Å². The predicted octanol–water partition coefficient (Wildman–Crippen LogP) is 5.41. The molecular formula is C29H29NO5. The number of ketones is 1. The number of carbonyl (C=O) groups is 2. The summed E-state index contributed by atoms with van der Waals surface area (Å²) < 4.78 is 11.3. The molecule has 0 aromatic heterocycles. The second kappa shape index (κ2) is 10.1. The van der Waals surface area contributed by atoms with Crippen molar-refractivity contribution in [3.63, 3.8) is 0 Å². The molecule has 1 atom stereocenters. The van der Waals surface area contributed by atoms with E-state index in [1.165, 1.54) is 4.90 Å². The Labute approximate surface area is 205 Å². The molecule has 3 aromatic rings. The van der Waals surface area contributed by atoms with Gasteiger partial charge in [0, 0.05) is 11.1 Å². The number of nitrogens with zero attached hydrogens (tertiary/aromatic N) is 1. The van der Waals surface area contributed by atoms with Gasteiger partial charge in [0.25, 0.3) is 11.7 Å². The molecule has 1 aliphatic heterocycles. The number of aryl methyl sites for hydroxylation is 1. The second-order valence-electron chi connectivity index (χ2n) is 8.84. The van der Waals surface area contributed by atoms with Crippen LogP contribution in [-0.2, 0) is 16.1 Å². The Balaban J connectivity index is 1.87. The first kappa shape index (κ1) is 24.1. The van der Waals surface area contributed by atoms with Crippen LogP contribution < -0.4 is 9.47 Å². The lowest BCUT2D eigenvalue weighted by molar-refractivity contribution is -0.140. The maximum atomic E-state index is 13.3. The highest BCUT2D eigenvalue weighted by Crippen LogP contribution is 2.41. The Morgan fingerprint density at radius 3 is 2.40 bits per heavy atom. The number of hydrogen-bond acceptors (Lipinski definition) is 5. The third-order valence-corrected chi connectivity index (χ3v) is 5.94. The second-order valence-corrected chi connectivity index (χ2v) is 8.84. The number of para-hydroxylation sites is 1. The smallest absolute Gasteiger partial charge is 0.295 e. The number of benzene rings is 3. The topological polar surface area (TPSA) is 76.1 Å². The molecule has 1 heterocycles. The number of aliphatic hydroxyl groups excluding tert-OH is 1. The van der Waals surface area contributed by atoms with E-state index in [1.54, 1.807) is 19.2 Å². The highest BCUT2D eigenvalue weighted by atomic mass is 16.5. The highest BCUT2D eigenvalue weighted by molar-refractivity contribution is 6.46. The van der Waals surface area contributed by atoms with E-state index in [1.807, 2.05) is 81.4 Å². The highest BCUT2D eigenvalue weighted by Gasteiger charge is 2.46. The van der Waals surface area contributed by atoms with Crippen LogP contribution in [-0.4, -0.2) is 34.9 Å². The lowest BCUT2D eigenvalue weighted by Crippen LogP contribution is -2.29. The van der Waals surface area contributed by atoms with Crippen LogP contribution >= 0.6 is 0 Å². The lowest BCUT2D eigenvalue weighted by Gasteiger charge is -2.26. The van der Waals surface area contributed by atoms with E-state index < -0.39 is 17.7 Å². The molecular weight excluding hydrogens is 442 g/mol. The molecule has 0 bridgehead atoms. The Hall–Kier alpha value is -4.06. The number of Topliss-reactive ketones (excluding diaryl/α,β-unsaturated/α-hetero) is 1. The number of ether oxygens (including phenoxy) is 2. The molecule has 1 fully saturated rings. The van der Waals surface area contributed by atoms with Gasteiger partial charge in [-0.2, -0.15) is 0 Å². The first-order chi connectivity index (χ1) is 16.8. The summed E-state index contributed by atoms with van der Waals surface area (Å²) in [5.41, 5.74) is 2.98. The van der Waals surface area contributed by atoms with E-state index in [0.29, 0.717) is 22.6 Å². The zero-order valence-electron chi connectivity index (χ0n) is 20.3. The van der Waals surface area contributed by atoms with Crippen LogP contribution in [0.25, 0.3) is 5.76 Å². The van der Waals surface area contributed by atoms with Gasteiger partial charge in [0.05, 0.1) is 31.4 Å². The summed E-state index contributed by atoms with van der Waals surface area (Å²) in [5, 5.41) is 11.3. The summed E-state index contributed by atoms with van der Waals surface area (Å²) in [6.07, 6.45) is -0.0438.